The summed E-state index contributed by atoms with van der Waals surface area (Å²) in [6.07, 6.45) is 6.47. The van der Waals surface area contributed by atoms with E-state index >= 15 is 0 Å². The third kappa shape index (κ3) is 4.06. The van der Waals surface area contributed by atoms with Crippen LogP contribution < -0.4 is 9.47 Å². The van der Waals surface area contributed by atoms with Crippen LogP contribution in [0.5, 0.6) is 11.5 Å². The van der Waals surface area contributed by atoms with E-state index < -0.39 is 5.97 Å². The van der Waals surface area contributed by atoms with Crippen LogP contribution in [0.15, 0.2) is 72.8 Å². The van der Waals surface area contributed by atoms with Gasteiger partial charge < -0.3 is 9.47 Å². The summed E-state index contributed by atoms with van der Waals surface area (Å²) < 4.78 is 11.3. The van der Waals surface area contributed by atoms with Crippen molar-refractivity contribution in [1.29, 1.82) is 0 Å². The number of hydrogen-bond donors (Lipinski definition) is 0. The van der Waals surface area contributed by atoms with Gasteiger partial charge in [-0.15, -0.1) is 0 Å². The zero-order valence-electron chi connectivity index (χ0n) is 16.3. The lowest BCUT2D eigenvalue weighted by Crippen LogP contribution is -2.22. The van der Waals surface area contributed by atoms with Crippen LogP contribution in [0.25, 0.3) is 10.8 Å². The first-order chi connectivity index (χ1) is 14.1. The van der Waals surface area contributed by atoms with Gasteiger partial charge in [-0.1, -0.05) is 54.6 Å². The SMILES string of the molecule is Cc1c(OC(=O)C2CC=CCC2)cccc1C(=O)Oc1cccc2ccccc12. The van der Waals surface area contributed by atoms with Crippen molar-refractivity contribution in [3.8, 4) is 11.5 Å². The molecule has 0 heterocycles. The number of benzene rings is 3. The van der Waals surface area contributed by atoms with Gasteiger partial charge in [0.25, 0.3) is 0 Å². The summed E-state index contributed by atoms with van der Waals surface area (Å²) >= 11 is 0. The molecule has 1 aliphatic rings. The second-order valence-electron chi connectivity index (χ2n) is 7.20. The van der Waals surface area contributed by atoms with E-state index in [4.69, 9.17) is 9.47 Å². The summed E-state index contributed by atoms with van der Waals surface area (Å²) in [7, 11) is 0. The number of fused-ring (bicyclic) bond motifs is 1. The molecule has 0 bridgehead atoms. The molecule has 0 fully saturated rings. The van der Waals surface area contributed by atoms with Crippen LogP contribution in [-0.2, 0) is 4.79 Å². The fourth-order valence-electron chi connectivity index (χ4n) is 3.59. The molecule has 3 aromatic rings. The molecule has 0 N–H and O–H groups in total. The monoisotopic (exact) mass is 386 g/mol. The van der Waals surface area contributed by atoms with Gasteiger partial charge in [0.2, 0.25) is 0 Å². The molecule has 146 valence electrons. The minimum absolute atomic E-state index is 0.134. The van der Waals surface area contributed by atoms with Gasteiger partial charge in [0.05, 0.1) is 11.5 Å². The largest absolute Gasteiger partial charge is 0.426 e. The molecule has 4 nitrogen and oxygen atoms in total. The van der Waals surface area contributed by atoms with E-state index in [1.165, 1.54) is 0 Å². The number of allylic oxidation sites excluding steroid dienone is 2. The predicted octanol–water partition coefficient (Wildman–Crippen LogP) is 5.63. The van der Waals surface area contributed by atoms with Gasteiger partial charge in [-0.25, -0.2) is 4.79 Å². The summed E-state index contributed by atoms with van der Waals surface area (Å²) in [6.45, 7) is 1.77. The van der Waals surface area contributed by atoms with Crippen molar-refractivity contribution >= 4 is 22.7 Å². The Labute approximate surface area is 169 Å². The van der Waals surface area contributed by atoms with Crippen molar-refractivity contribution in [3.63, 3.8) is 0 Å². The van der Waals surface area contributed by atoms with E-state index in [1.807, 2.05) is 42.5 Å². The van der Waals surface area contributed by atoms with Gasteiger partial charge in [-0.05, 0) is 49.8 Å². The lowest BCUT2D eigenvalue weighted by molar-refractivity contribution is -0.139. The molecule has 1 atom stereocenters. The van der Waals surface area contributed by atoms with Crippen LogP contribution >= 0.6 is 0 Å². The first-order valence-electron chi connectivity index (χ1n) is 9.80. The van der Waals surface area contributed by atoms with E-state index in [1.54, 1.807) is 31.2 Å². The van der Waals surface area contributed by atoms with Gasteiger partial charge in [0.15, 0.2) is 0 Å². The molecular weight excluding hydrogens is 364 g/mol. The molecule has 0 radical (unpaired) electrons. The van der Waals surface area contributed by atoms with E-state index in [9.17, 15) is 9.59 Å². The Bertz CT molecular complexity index is 1090. The molecule has 1 aliphatic carbocycles. The normalized spacial score (nSPS) is 15.8. The lowest BCUT2D eigenvalue weighted by Gasteiger charge is -2.17. The average Bonchev–Trinajstić information content (AvgIpc) is 2.76. The smallest absolute Gasteiger partial charge is 0.343 e. The average molecular weight is 386 g/mol. The molecule has 1 unspecified atom stereocenters. The summed E-state index contributed by atoms with van der Waals surface area (Å²) in [4.78, 5) is 25.3. The van der Waals surface area contributed by atoms with Crippen LogP contribution in [0.3, 0.4) is 0 Å². The number of ether oxygens (including phenoxy) is 2. The zero-order chi connectivity index (χ0) is 20.2. The van der Waals surface area contributed by atoms with Gasteiger partial charge >= 0.3 is 11.9 Å². The second-order valence-corrected chi connectivity index (χ2v) is 7.20. The van der Waals surface area contributed by atoms with Crippen molar-refractivity contribution in [3.05, 3.63) is 83.9 Å². The van der Waals surface area contributed by atoms with Crippen LogP contribution in [0.1, 0.15) is 35.2 Å². The number of carbonyl (C=O) groups is 2. The summed E-state index contributed by atoms with van der Waals surface area (Å²) in [5.41, 5.74) is 0.976. The van der Waals surface area contributed by atoms with E-state index in [0.29, 0.717) is 29.0 Å². The fourth-order valence-corrected chi connectivity index (χ4v) is 3.59. The van der Waals surface area contributed by atoms with E-state index in [2.05, 4.69) is 6.08 Å². The highest BCUT2D eigenvalue weighted by atomic mass is 16.5. The van der Waals surface area contributed by atoms with Crippen LogP contribution in [-0.4, -0.2) is 11.9 Å². The number of carbonyl (C=O) groups excluding carboxylic acids is 2. The Balaban J connectivity index is 1.55. The minimum Gasteiger partial charge on any atom is -0.426 e. The lowest BCUT2D eigenvalue weighted by atomic mass is 9.95. The van der Waals surface area contributed by atoms with Crippen molar-refractivity contribution in [2.75, 3.05) is 0 Å². The Morgan fingerprint density at radius 1 is 0.862 bits per heavy atom. The molecule has 29 heavy (non-hydrogen) atoms. The summed E-state index contributed by atoms with van der Waals surface area (Å²) in [5, 5.41) is 1.87. The van der Waals surface area contributed by atoms with Crippen molar-refractivity contribution in [2.45, 2.75) is 26.2 Å². The molecular formula is C25H22O4. The highest BCUT2D eigenvalue weighted by molar-refractivity contribution is 5.97. The van der Waals surface area contributed by atoms with E-state index in [0.717, 1.165) is 23.6 Å². The molecule has 0 saturated heterocycles. The minimum atomic E-state index is -0.475. The number of hydrogen-bond acceptors (Lipinski definition) is 4. The number of esters is 2. The van der Waals surface area contributed by atoms with Gasteiger partial charge in [0, 0.05) is 10.9 Å². The summed E-state index contributed by atoms with van der Waals surface area (Å²) in [6, 6.07) is 18.4. The van der Waals surface area contributed by atoms with E-state index in [-0.39, 0.29) is 11.9 Å². The first-order valence-corrected chi connectivity index (χ1v) is 9.80. The van der Waals surface area contributed by atoms with Crippen molar-refractivity contribution < 1.29 is 19.1 Å². The quantitative estimate of drug-likeness (QED) is 0.331. The highest BCUT2D eigenvalue weighted by Crippen LogP contribution is 2.29. The Kier molecular flexibility index (Phi) is 5.43. The van der Waals surface area contributed by atoms with Crippen LogP contribution in [0, 0.1) is 12.8 Å². The third-order valence-corrected chi connectivity index (χ3v) is 5.27. The standard InChI is InChI=1S/C25H22O4/c1-17-20(14-8-15-22(17)28-24(26)19-10-3-2-4-11-19)25(27)29-23-16-7-12-18-9-5-6-13-21(18)23/h2-3,5-9,12-16,19H,4,10-11H2,1H3. The van der Waals surface area contributed by atoms with Gasteiger partial charge in [-0.3, -0.25) is 4.79 Å². The number of rotatable bonds is 4. The van der Waals surface area contributed by atoms with Gasteiger partial charge in [0.1, 0.15) is 11.5 Å². The first kappa shape index (κ1) is 18.9. The predicted molar refractivity (Wildman–Crippen MR) is 112 cm³/mol. The maximum Gasteiger partial charge on any atom is 0.343 e. The molecule has 4 rings (SSSR count). The molecule has 0 spiro atoms. The maximum absolute atomic E-state index is 12.8. The maximum atomic E-state index is 12.8. The Morgan fingerprint density at radius 3 is 2.45 bits per heavy atom. The molecule has 0 amide bonds. The molecule has 3 aromatic carbocycles. The molecule has 0 saturated carbocycles. The van der Waals surface area contributed by atoms with Crippen LogP contribution in [0.2, 0.25) is 0 Å². The molecule has 4 heteroatoms. The Hall–Kier alpha value is -3.40. The second kappa shape index (κ2) is 8.31. The fraction of sp³-hybridized carbons (Fsp3) is 0.200. The molecule has 0 aliphatic heterocycles. The Morgan fingerprint density at radius 2 is 1.62 bits per heavy atom. The van der Waals surface area contributed by atoms with Gasteiger partial charge in [-0.2, -0.15) is 0 Å². The highest BCUT2D eigenvalue weighted by Gasteiger charge is 2.23. The summed E-state index contributed by atoms with van der Waals surface area (Å²) in [5.74, 6) is 0.0425. The topological polar surface area (TPSA) is 52.6 Å². The van der Waals surface area contributed by atoms with Crippen LogP contribution in [0.4, 0.5) is 0 Å². The zero-order valence-corrected chi connectivity index (χ0v) is 16.3. The molecule has 0 aromatic heterocycles. The van der Waals surface area contributed by atoms with Crippen molar-refractivity contribution in [1.82, 2.24) is 0 Å². The van der Waals surface area contributed by atoms with Crippen molar-refractivity contribution in [2.24, 2.45) is 5.92 Å². The third-order valence-electron chi connectivity index (χ3n) is 5.27.